The number of allylic oxidation sites excluding steroid dienone is 2. The average molecular weight is 262 g/mol. The van der Waals surface area contributed by atoms with Crippen LogP contribution in [0.1, 0.15) is 26.2 Å². The molecule has 102 valence electrons. The van der Waals surface area contributed by atoms with Crippen LogP contribution in [0, 0.1) is 5.92 Å². The minimum absolute atomic E-state index is 0.265. The van der Waals surface area contributed by atoms with Crippen molar-refractivity contribution in [2.45, 2.75) is 38.4 Å². The molecule has 1 aliphatic carbocycles. The maximum absolute atomic E-state index is 11.6. The lowest BCUT2D eigenvalue weighted by atomic mass is 9.86. The number of rotatable bonds is 1. The van der Waals surface area contributed by atoms with Crippen LogP contribution in [0.3, 0.4) is 0 Å². The summed E-state index contributed by atoms with van der Waals surface area (Å²) in [6, 6.07) is 0. The predicted molar refractivity (Wildman–Crippen MR) is 70.3 cm³/mol. The maximum Gasteiger partial charge on any atom is 0.334 e. The first-order chi connectivity index (χ1) is 9.02. The lowest BCUT2D eigenvalue weighted by molar-refractivity contribution is -0.137. The van der Waals surface area contributed by atoms with Crippen LogP contribution < -0.4 is 0 Å². The van der Waals surface area contributed by atoms with Crippen molar-refractivity contribution in [3.05, 3.63) is 35.5 Å². The van der Waals surface area contributed by atoms with Crippen molar-refractivity contribution in [3.63, 3.8) is 0 Å². The quantitative estimate of drug-likeness (QED) is 0.338. The zero-order valence-electron chi connectivity index (χ0n) is 11.0. The third-order valence-electron chi connectivity index (χ3n) is 3.78. The molecule has 0 aromatic heterocycles. The van der Waals surface area contributed by atoms with E-state index in [0.29, 0.717) is 30.4 Å². The van der Waals surface area contributed by atoms with Gasteiger partial charge in [0.25, 0.3) is 0 Å². The number of aldehydes is 1. The van der Waals surface area contributed by atoms with Gasteiger partial charge in [0.1, 0.15) is 12.4 Å². The molecule has 2 rings (SSSR count). The van der Waals surface area contributed by atoms with Gasteiger partial charge in [-0.25, -0.2) is 4.79 Å². The topological polar surface area (TPSA) is 63.6 Å². The highest BCUT2D eigenvalue weighted by Gasteiger charge is 2.38. The fourth-order valence-electron chi connectivity index (χ4n) is 2.48. The zero-order chi connectivity index (χ0) is 14.0. The van der Waals surface area contributed by atoms with Crippen molar-refractivity contribution in [2.24, 2.45) is 5.92 Å². The van der Waals surface area contributed by atoms with Gasteiger partial charge in [0.05, 0.1) is 6.10 Å². The first kappa shape index (κ1) is 13.7. The van der Waals surface area contributed by atoms with E-state index in [1.54, 1.807) is 6.08 Å². The van der Waals surface area contributed by atoms with Gasteiger partial charge >= 0.3 is 5.97 Å². The highest BCUT2D eigenvalue weighted by Crippen LogP contribution is 2.34. The molecule has 19 heavy (non-hydrogen) atoms. The predicted octanol–water partition coefficient (Wildman–Crippen LogP) is 1.70. The summed E-state index contributed by atoms with van der Waals surface area (Å²) >= 11 is 0. The van der Waals surface area contributed by atoms with E-state index in [-0.39, 0.29) is 5.92 Å². The van der Waals surface area contributed by atoms with Crippen molar-refractivity contribution in [2.75, 3.05) is 0 Å². The van der Waals surface area contributed by atoms with E-state index in [0.717, 1.165) is 11.9 Å². The van der Waals surface area contributed by atoms with Gasteiger partial charge in [-0.3, -0.25) is 4.79 Å². The monoisotopic (exact) mass is 262 g/mol. The normalized spacial score (nSPS) is 37.5. The second kappa shape index (κ2) is 5.53. The fourth-order valence-corrected chi connectivity index (χ4v) is 2.48. The van der Waals surface area contributed by atoms with E-state index in [2.05, 4.69) is 6.58 Å². The van der Waals surface area contributed by atoms with Crippen molar-refractivity contribution in [1.29, 1.82) is 0 Å². The van der Waals surface area contributed by atoms with Gasteiger partial charge in [-0.15, -0.1) is 0 Å². The van der Waals surface area contributed by atoms with E-state index in [9.17, 15) is 14.7 Å². The van der Waals surface area contributed by atoms with Crippen LogP contribution in [0.15, 0.2) is 35.5 Å². The minimum Gasteiger partial charge on any atom is -0.454 e. The van der Waals surface area contributed by atoms with Crippen LogP contribution in [0.25, 0.3) is 0 Å². The number of carbonyl (C=O) groups excluding carboxylic acids is 2. The molecule has 1 aliphatic heterocycles. The molecule has 4 heteroatoms. The number of aliphatic hydroxyl groups excluding tert-OH is 1. The van der Waals surface area contributed by atoms with E-state index < -0.39 is 18.2 Å². The zero-order valence-corrected chi connectivity index (χ0v) is 11.0. The number of fused-ring (bicyclic) bond motifs is 1. The molecule has 1 fully saturated rings. The number of hydrogen-bond donors (Lipinski definition) is 1. The first-order valence-electron chi connectivity index (χ1n) is 6.43. The minimum atomic E-state index is -0.607. The molecule has 0 aromatic rings. The van der Waals surface area contributed by atoms with Crippen molar-refractivity contribution in [3.8, 4) is 0 Å². The number of esters is 1. The molecule has 2 unspecified atom stereocenters. The van der Waals surface area contributed by atoms with Crippen molar-refractivity contribution < 1.29 is 19.4 Å². The van der Waals surface area contributed by atoms with E-state index in [1.165, 1.54) is 0 Å². The molecule has 4 nitrogen and oxygen atoms in total. The molecule has 0 saturated carbocycles. The van der Waals surface area contributed by atoms with Gasteiger partial charge in [-0.1, -0.05) is 12.7 Å². The highest BCUT2D eigenvalue weighted by molar-refractivity contribution is 5.91. The number of ether oxygens (including phenoxy) is 1. The molecule has 0 radical (unpaired) electrons. The SMILES string of the molecule is C=C1C(=O)OC2/C=C(\C=O)CC/C=C(\C)C(O)C[C@@H]12. The summed E-state index contributed by atoms with van der Waals surface area (Å²) in [6.07, 6.45) is 5.00. The fraction of sp³-hybridized carbons (Fsp3) is 0.467. The van der Waals surface area contributed by atoms with E-state index in [1.807, 2.05) is 13.0 Å². The molecule has 0 spiro atoms. The van der Waals surface area contributed by atoms with Crippen LogP contribution in [-0.2, 0) is 14.3 Å². The molecule has 1 saturated heterocycles. The second-order valence-corrected chi connectivity index (χ2v) is 5.10. The molecule has 2 aliphatic rings. The maximum atomic E-state index is 11.6. The molecule has 1 N–H and O–H groups in total. The molecule has 0 aromatic carbocycles. The Morgan fingerprint density at radius 2 is 2.26 bits per heavy atom. The van der Waals surface area contributed by atoms with Gasteiger partial charge in [0.15, 0.2) is 0 Å². The average Bonchev–Trinajstić information content (AvgIpc) is 2.64. The molecule has 3 atom stereocenters. The molecule has 0 amide bonds. The van der Waals surface area contributed by atoms with Gasteiger partial charge in [-0.05, 0) is 43.4 Å². The molecule has 1 heterocycles. The summed E-state index contributed by atoms with van der Waals surface area (Å²) < 4.78 is 5.22. The summed E-state index contributed by atoms with van der Waals surface area (Å²) in [5.74, 6) is -0.705. The Labute approximate surface area is 112 Å². The molecular formula is C15H18O4. The third kappa shape index (κ3) is 2.84. The Morgan fingerprint density at radius 3 is 2.95 bits per heavy atom. The smallest absolute Gasteiger partial charge is 0.334 e. The summed E-state index contributed by atoms with van der Waals surface area (Å²) in [6.45, 7) is 5.59. The lowest BCUT2D eigenvalue weighted by Gasteiger charge is -2.21. The summed E-state index contributed by atoms with van der Waals surface area (Å²) in [5.41, 5.74) is 1.86. The highest BCUT2D eigenvalue weighted by atomic mass is 16.6. The Bertz CT molecular complexity index is 473. The second-order valence-electron chi connectivity index (χ2n) is 5.10. The van der Waals surface area contributed by atoms with Crippen molar-refractivity contribution in [1.82, 2.24) is 0 Å². The summed E-state index contributed by atoms with van der Waals surface area (Å²) in [5, 5.41) is 10.1. The van der Waals surface area contributed by atoms with E-state index in [4.69, 9.17) is 4.74 Å². The lowest BCUT2D eigenvalue weighted by Crippen LogP contribution is -2.22. The summed E-state index contributed by atoms with van der Waals surface area (Å²) in [4.78, 5) is 22.6. The standard InChI is InChI=1S/C15H18O4/c1-9-4-3-5-11(8-16)6-14-12(7-13(9)17)10(2)15(18)19-14/h4,6,8,12-14,17H,2-3,5,7H2,1H3/b9-4+,11-6-/t12-,13?,14?/m0/s1. The van der Waals surface area contributed by atoms with Gasteiger partial charge in [-0.2, -0.15) is 0 Å². The Morgan fingerprint density at radius 1 is 1.53 bits per heavy atom. The van der Waals surface area contributed by atoms with Crippen LogP contribution in [0.4, 0.5) is 0 Å². The Hall–Kier alpha value is -1.68. The number of hydrogen-bond acceptors (Lipinski definition) is 4. The Balaban J connectivity index is 2.34. The van der Waals surface area contributed by atoms with E-state index >= 15 is 0 Å². The van der Waals surface area contributed by atoms with Crippen molar-refractivity contribution >= 4 is 12.3 Å². The summed E-state index contributed by atoms with van der Waals surface area (Å²) in [7, 11) is 0. The first-order valence-corrected chi connectivity index (χ1v) is 6.43. The number of carbonyl (C=O) groups is 2. The van der Waals surface area contributed by atoms with Crippen LogP contribution in [0.5, 0.6) is 0 Å². The third-order valence-corrected chi connectivity index (χ3v) is 3.78. The van der Waals surface area contributed by atoms with Crippen LogP contribution in [-0.4, -0.2) is 29.6 Å². The largest absolute Gasteiger partial charge is 0.454 e. The Kier molecular flexibility index (Phi) is 4.00. The van der Waals surface area contributed by atoms with Gasteiger partial charge in [0, 0.05) is 11.5 Å². The van der Waals surface area contributed by atoms with Gasteiger partial charge in [0.2, 0.25) is 0 Å². The number of aliphatic hydroxyl groups is 1. The van der Waals surface area contributed by atoms with Gasteiger partial charge < -0.3 is 9.84 Å². The van der Waals surface area contributed by atoms with Crippen LogP contribution >= 0.6 is 0 Å². The molecular weight excluding hydrogens is 244 g/mol. The van der Waals surface area contributed by atoms with Crippen LogP contribution in [0.2, 0.25) is 0 Å². The molecule has 0 bridgehead atoms.